The van der Waals surface area contributed by atoms with Gasteiger partial charge in [0.05, 0.1) is 10.9 Å². The SMILES string of the molecule is COCc1nc(C2CCCCN2S(=O)(=O)c2ccccc2C)n[nH]1. The number of aryl methyl sites for hydroxylation is 1. The van der Waals surface area contributed by atoms with E-state index >= 15 is 0 Å². The third-order valence-corrected chi connectivity index (χ3v) is 6.33. The molecule has 24 heavy (non-hydrogen) atoms. The summed E-state index contributed by atoms with van der Waals surface area (Å²) in [6, 6.07) is 6.72. The van der Waals surface area contributed by atoms with Crippen molar-refractivity contribution in [1.29, 1.82) is 0 Å². The molecule has 1 fully saturated rings. The highest BCUT2D eigenvalue weighted by molar-refractivity contribution is 7.89. The summed E-state index contributed by atoms with van der Waals surface area (Å²) in [5.74, 6) is 1.12. The molecule has 0 saturated carbocycles. The van der Waals surface area contributed by atoms with Gasteiger partial charge >= 0.3 is 0 Å². The highest BCUT2D eigenvalue weighted by atomic mass is 32.2. The molecule has 2 aromatic rings. The first kappa shape index (κ1) is 17.1. The van der Waals surface area contributed by atoms with Crippen molar-refractivity contribution in [1.82, 2.24) is 19.5 Å². The van der Waals surface area contributed by atoms with Crippen molar-refractivity contribution in [3.05, 3.63) is 41.5 Å². The van der Waals surface area contributed by atoms with Crippen LogP contribution in [0.15, 0.2) is 29.2 Å². The van der Waals surface area contributed by atoms with Crippen molar-refractivity contribution in [3.8, 4) is 0 Å². The Morgan fingerprint density at radius 3 is 2.88 bits per heavy atom. The number of methoxy groups -OCH3 is 1. The first-order chi connectivity index (χ1) is 11.5. The third-order valence-electron chi connectivity index (χ3n) is 4.26. The zero-order chi connectivity index (χ0) is 17.2. The van der Waals surface area contributed by atoms with Gasteiger partial charge in [-0.15, -0.1) is 0 Å². The van der Waals surface area contributed by atoms with E-state index in [1.54, 1.807) is 23.5 Å². The Morgan fingerprint density at radius 1 is 1.33 bits per heavy atom. The number of hydrogen-bond donors (Lipinski definition) is 1. The maximum atomic E-state index is 13.2. The lowest BCUT2D eigenvalue weighted by molar-refractivity contribution is 0.177. The zero-order valence-electron chi connectivity index (χ0n) is 13.9. The fourth-order valence-corrected chi connectivity index (χ4v) is 4.97. The number of aromatic nitrogens is 3. The van der Waals surface area contributed by atoms with Crippen LogP contribution in [0.2, 0.25) is 0 Å². The van der Waals surface area contributed by atoms with E-state index in [1.165, 1.54) is 0 Å². The summed E-state index contributed by atoms with van der Waals surface area (Å²) in [5, 5.41) is 7.04. The number of hydrogen-bond acceptors (Lipinski definition) is 5. The number of aromatic amines is 1. The molecule has 0 spiro atoms. The van der Waals surface area contributed by atoms with E-state index in [4.69, 9.17) is 4.74 Å². The van der Waals surface area contributed by atoms with Gasteiger partial charge in [-0.1, -0.05) is 24.6 Å². The second-order valence-corrected chi connectivity index (χ2v) is 7.83. The molecule has 0 amide bonds. The second kappa shape index (κ2) is 7.00. The number of nitrogens with zero attached hydrogens (tertiary/aromatic N) is 3. The summed E-state index contributed by atoms with van der Waals surface area (Å²) in [4.78, 5) is 4.76. The summed E-state index contributed by atoms with van der Waals surface area (Å²) in [6.45, 7) is 2.62. The van der Waals surface area contributed by atoms with Gasteiger partial charge in [-0.3, -0.25) is 5.10 Å². The summed E-state index contributed by atoms with van der Waals surface area (Å²) in [6.07, 6.45) is 2.52. The molecule has 130 valence electrons. The van der Waals surface area contributed by atoms with Gasteiger partial charge in [0.2, 0.25) is 10.0 Å². The van der Waals surface area contributed by atoms with E-state index in [0.29, 0.717) is 29.7 Å². The largest absolute Gasteiger partial charge is 0.377 e. The van der Waals surface area contributed by atoms with E-state index in [2.05, 4.69) is 15.2 Å². The van der Waals surface area contributed by atoms with Crippen molar-refractivity contribution in [2.75, 3.05) is 13.7 Å². The minimum atomic E-state index is -3.58. The second-order valence-electron chi connectivity index (χ2n) is 5.97. The van der Waals surface area contributed by atoms with Crippen LogP contribution in [0, 0.1) is 6.92 Å². The van der Waals surface area contributed by atoms with Gasteiger partial charge in [0.15, 0.2) is 11.6 Å². The first-order valence-electron chi connectivity index (χ1n) is 8.01. The van der Waals surface area contributed by atoms with Crippen LogP contribution in [-0.2, 0) is 21.4 Å². The summed E-state index contributed by atoms with van der Waals surface area (Å²) < 4.78 is 32.9. The van der Waals surface area contributed by atoms with E-state index in [-0.39, 0.29) is 6.04 Å². The highest BCUT2D eigenvalue weighted by Gasteiger charge is 2.37. The van der Waals surface area contributed by atoms with Crippen LogP contribution in [0.5, 0.6) is 0 Å². The quantitative estimate of drug-likeness (QED) is 0.893. The Balaban J connectivity index is 1.96. The van der Waals surface area contributed by atoms with Gasteiger partial charge < -0.3 is 4.74 Å². The maximum absolute atomic E-state index is 13.2. The van der Waals surface area contributed by atoms with Crippen LogP contribution in [0.1, 0.15) is 42.5 Å². The molecule has 1 saturated heterocycles. The molecular weight excluding hydrogens is 328 g/mol. The Morgan fingerprint density at radius 2 is 2.12 bits per heavy atom. The molecule has 2 heterocycles. The number of H-pyrrole nitrogens is 1. The van der Waals surface area contributed by atoms with E-state index in [9.17, 15) is 8.42 Å². The molecule has 1 aromatic heterocycles. The van der Waals surface area contributed by atoms with E-state index in [0.717, 1.165) is 24.8 Å². The molecule has 3 rings (SSSR count). The molecule has 1 unspecified atom stereocenters. The molecule has 1 atom stereocenters. The summed E-state index contributed by atoms with van der Waals surface area (Å²) in [5.41, 5.74) is 0.747. The fraction of sp³-hybridized carbons (Fsp3) is 0.500. The van der Waals surface area contributed by atoms with Crippen molar-refractivity contribution in [2.45, 2.75) is 43.7 Å². The van der Waals surface area contributed by atoms with Gasteiger partial charge in [0.1, 0.15) is 6.61 Å². The molecule has 1 aromatic carbocycles. The van der Waals surface area contributed by atoms with Crippen molar-refractivity contribution in [3.63, 3.8) is 0 Å². The van der Waals surface area contributed by atoms with Crippen molar-refractivity contribution < 1.29 is 13.2 Å². The third kappa shape index (κ3) is 3.22. The van der Waals surface area contributed by atoms with Gasteiger partial charge in [0.25, 0.3) is 0 Å². The van der Waals surface area contributed by atoms with Crippen molar-refractivity contribution >= 4 is 10.0 Å². The fourth-order valence-electron chi connectivity index (χ4n) is 3.08. The Labute approximate surface area is 142 Å². The molecule has 1 N–H and O–H groups in total. The van der Waals surface area contributed by atoms with Crippen LogP contribution < -0.4 is 0 Å². The first-order valence-corrected chi connectivity index (χ1v) is 9.45. The Hall–Kier alpha value is -1.77. The summed E-state index contributed by atoms with van der Waals surface area (Å²) >= 11 is 0. The predicted molar refractivity (Wildman–Crippen MR) is 88.8 cm³/mol. The molecule has 8 heteroatoms. The standard InChI is InChI=1S/C16H22N4O3S/c1-12-7-3-4-9-14(12)24(21,22)20-10-6-5-8-13(20)16-17-15(11-23-2)18-19-16/h3-4,7,9,13H,5-6,8,10-11H2,1-2H3,(H,17,18,19). The molecule has 0 bridgehead atoms. The zero-order valence-corrected chi connectivity index (χ0v) is 14.7. The maximum Gasteiger partial charge on any atom is 0.244 e. The lowest BCUT2D eigenvalue weighted by Crippen LogP contribution is -2.39. The average molecular weight is 350 g/mol. The van der Waals surface area contributed by atoms with E-state index < -0.39 is 10.0 Å². The number of ether oxygens (including phenoxy) is 1. The monoisotopic (exact) mass is 350 g/mol. The molecule has 1 aliphatic rings. The van der Waals surface area contributed by atoms with E-state index in [1.807, 2.05) is 19.1 Å². The number of rotatable bonds is 5. The van der Waals surface area contributed by atoms with Gasteiger partial charge in [-0.2, -0.15) is 9.40 Å². The molecular formula is C16H22N4O3S. The number of piperidine rings is 1. The molecule has 0 radical (unpaired) electrons. The average Bonchev–Trinajstić information content (AvgIpc) is 3.04. The molecule has 7 nitrogen and oxygen atoms in total. The van der Waals surface area contributed by atoms with Crippen LogP contribution in [0.4, 0.5) is 0 Å². The minimum Gasteiger partial charge on any atom is -0.377 e. The minimum absolute atomic E-state index is 0.324. The lowest BCUT2D eigenvalue weighted by atomic mass is 10.0. The normalized spacial score (nSPS) is 19.5. The Kier molecular flexibility index (Phi) is 4.98. The lowest BCUT2D eigenvalue weighted by Gasteiger charge is -2.33. The Bertz CT molecular complexity index is 803. The van der Waals surface area contributed by atoms with Crippen LogP contribution in [0.25, 0.3) is 0 Å². The molecule has 0 aliphatic carbocycles. The summed E-state index contributed by atoms with van der Waals surface area (Å²) in [7, 11) is -2.00. The predicted octanol–water partition coefficient (Wildman–Crippen LogP) is 2.18. The van der Waals surface area contributed by atoms with Crippen LogP contribution in [-0.4, -0.2) is 41.6 Å². The highest BCUT2D eigenvalue weighted by Crippen LogP contribution is 2.34. The smallest absolute Gasteiger partial charge is 0.244 e. The van der Waals surface area contributed by atoms with Crippen LogP contribution in [0.3, 0.4) is 0 Å². The number of sulfonamides is 1. The van der Waals surface area contributed by atoms with Gasteiger partial charge in [-0.05, 0) is 31.4 Å². The molecule has 1 aliphatic heterocycles. The van der Waals surface area contributed by atoms with Gasteiger partial charge in [-0.25, -0.2) is 13.4 Å². The van der Waals surface area contributed by atoms with Crippen LogP contribution >= 0.6 is 0 Å². The van der Waals surface area contributed by atoms with Crippen molar-refractivity contribution in [2.24, 2.45) is 0 Å². The number of benzene rings is 1. The topological polar surface area (TPSA) is 88.2 Å². The van der Waals surface area contributed by atoms with Gasteiger partial charge in [0, 0.05) is 13.7 Å². The number of nitrogens with one attached hydrogen (secondary N) is 1.